The first-order valence-electron chi connectivity index (χ1n) is 6.01. The Morgan fingerprint density at radius 3 is 3.06 bits per heavy atom. The number of rotatable bonds is 2. The van der Waals surface area contributed by atoms with Crippen LogP contribution in [0.3, 0.4) is 0 Å². The van der Waals surface area contributed by atoms with Crippen LogP contribution in [0, 0.1) is 12.7 Å². The Hall–Kier alpha value is -0.740. The fraction of sp³-hybridized carbons (Fsp3) is 0.462. The van der Waals surface area contributed by atoms with E-state index in [-0.39, 0.29) is 5.82 Å². The summed E-state index contributed by atoms with van der Waals surface area (Å²) in [6.45, 7) is 1.79. The van der Waals surface area contributed by atoms with Gasteiger partial charge in [-0.25, -0.2) is 9.37 Å². The van der Waals surface area contributed by atoms with E-state index in [0.29, 0.717) is 23.0 Å². The highest BCUT2D eigenvalue weighted by Crippen LogP contribution is 2.33. The summed E-state index contributed by atoms with van der Waals surface area (Å²) in [6.07, 6.45) is 1.14. The van der Waals surface area contributed by atoms with E-state index in [1.54, 1.807) is 6.92 Å². The second-order valence-electron chi connectivity index (χ2n) is 4.64. The normalized spacial score (nSPS) is 19.8. The van der Waals surface area contributed by atoms with Gasteiger partial charge in [0.15, 0.2) is 0 Å². The molecule has 1 aromatic carbocycles. The number of hydrogen-bond donors (Lipinski definition) is 0. The van der Waals surface area contributed by atoms with Gasteiger partial charge >= 0.3 is 0 Å². The lowest BCUT2D eigenvalue weighted by Crippen LogP contribution is -2.10. The molecule has 2 aromatic rings. The summed E-state index contributed by atoms with van der Waals surface area (Å²) in [6, 6.07) is 3.84. The molecule has 2 heterocycles. The van der Waals surface area contributed by atoms with Crippen LogP contribution in [-0.4, -0.2) is 21.1 Å². The third-order valence-electron chi connectivity index (χ3n) is 3.43. The zero-order valence-electron chi connectivity index (χ0n) is 10.1. The van der Waals surface area contributed by atoms with Crippen LogP contribution >= 0.6 is 23.4 Å². The van der Waals surface area contributed by atoms with Gasteiger partial charge in [-0.2, -0.15) is 11.8 Å². The largest absolute Gasteiger partial charge is 0.323 e. The summed E-state index contributed by atoms with van der Waals surface area (Å²) in [5.74, 6) is 3.28. The summed E-state index contributed by atoms with van der Waals surface area (Å²) in [5.41, 5.74) is 2.39. The molecule has 1 atom stereocenters. The Morgan fingerprint density at radius 2 is 2.39 bits per heavy atom. The van der Waals surface area contributed by atoms with E-state index in [9.17, 15) is 4.39 Å². The average molecular weight is 285 g/mol. The number of benzene rings is 1. The van der Waals surface area contributed by atoms with Gasteiger partial charge in [-0.3, -0.25) is 0 Å². The van der Waals surface area contributed by atoms with Gasteiger partial charge in [0.2, 0.25) is 0 Å². The molecule has 0 N–H and O–H groups in total. The molecule has 1 aliphatic heterocycles. The van der Waals surface area contributed by atoms with Crippen molar-refractivity contribution in [1.82, 2.24) is 9.55 Å². The van der Waals surface area contributed by atoms with E-state index in [0.717, 1.165) is 23.5 Å². The van der Waals surface area contributed by atoms with Crippen LogP contribution in [0.4, 0.5) is 4.39 Å². The van der Waals surface area contributed by atoms with Crippen LogP contribution in [0.1, 0.15) is 23.9 Å². The van der Waals surface area contributed by atoms with Gasteiger partial charge in [0, 0.05) is 17.9 Å². The molecule has 3 rings (SSSR count). The Kier molecular flexibility index (Phi) is 3.24. The van der Waals surface area contributed by atoms with E-state index in [2.05, 4.69) is 9.55 Å². The fourth-order valence-electron chi connectivity index (χ4n) is 2.50. The lowest BCUT2D eigenvalue weighted by atomic mass is 10.2. The molecule has 0 saturated carbocycles. The smallest absolute Gasteiger partial charge is 0.128 e. The zero-order chi connectivity index (χ0) is 12.7. The molecule has 1 saturated heterocycles. The maximum Gasteiger partial charge on any atom is 0.128 e. The van der Waals surface area contributed by atoms with E-state index in [1.165, 1.54) is 11.8 Å². The maximum atomic E-state index is 13.6. The van der Waals surface area contributed by atoms with E-state index < -0.39 is 0 Å². The average Bonchev–Trinajstić information content (AvgIpc) is 2.96. The summed E-state index contributed by atoms with van der Waals surface area (Å²) >= 11 is 7.93. The lowest BCUT2D eigenvalue weighted by Gasteiger charge is -2.15. The van der Waals surface area contributed by atoms with Gasteiger partial charge in [0.05, 0.1) is 16.9 Å². The highest BCUT2D eigenvalue weighted by Gasteiger charge is 2.23. The molecule has 1 aliphatic rings. The molecule has 1 fully saturated rings. The number of imidazole rings is 1. The number of fused-ring (bicyclic) bond motifs is 1. The van der Waals surface area contributed by atoms with Crippen LogP contribution in [0.2, 0.25) is 0 Å². The van der Waals surface area contributed by atoms with Crippen molar-refractivity contribution in [1.29, 1.82) is 0 Å². The first-order chi connectivity index (χ1) is 8.70. The van der Waals surface area contributed by atoms with Crippen molar-refractivity contribution < 1.29 is 4.39 Å². The highest BCUT2D eigenvalue weighted by atomic mass is 35.5. The second-order valence-corrected chi connectivity index (χ2v) is 6.06. The van der Waals surface area contributed by atoms with Gasteiger partial charge < -0.3 is 4.57 Å². The predicted molar refractivity (Wildman–Crippen MR) is 75.0 cm³/mol. The van der Waals surface area contributed by atoms with Gasteiger partial charge in [0.1, 0.15) is 11.6 Å². The zero-order valence-corrected chi connectivity index (χ0v) is 11.7. The lowest BCUT2D eigenvalue weighted by molar-refractivity contribution is 0.558. The number of nitrogens with zero attached hydrogens (tertiary/aromatic N) is 2. The molecule has 0 radical (unpaired) electrons. The van der Waals surface area contributed by atoms with Gasteiger partial charge in [-0.05, 0) is 30.7 Å². The fourth-order valence-corrected chi connectivity index (χ4v) is 3.88. The number of thioether (sulfide) groups is 1. The summed E-state index contributed by atoms with van der Waals surface area (Å²) < 4.78 is 15.8. The molecule has 18 heavy (non-hydrogen) atoms. The third kappa shape index (κ3) is 1.91. The van der Waals surface area contributed by atoms with Crippen LogP contribution in [-0.2, 0) is 5.88 Å². The monoisotopic (exact) mass is 284 g/mol. The van der Waals surface area contributed by atoms with E-state index >= 15 is 0 Å². The molecular formula is C13H14ClFN2S. The van der Waals surface area contributed by atoms with Crippen molar-refractivity contribution in [3.8, 4) is 0 Å². The minimum Gasteiger partial charge on any atom is -0.323 e. The van der Waals surface area contributed by atoms with Crippen molar-refractivity contribution in [3.05, 3.63) is 29.3 Å². The summed E-state index contributed by atoms with van der Waals surface area (Å²) in [7, 11) is 0. The SMILES string of the molecule is Cc1cc2c(cc1F)nc(CCl)n2C1CCSC1. The van der Waals surface area contributed by atoms with Crippen molar-refractivity contribution in [2.45, 2.75) is 25.3 Å². The van der Waals surface area contributed by atoms with Gasteiger partial charge in [0.25, 0.3) is 0 Å². The van der Waals surface area contributed by atoms with Crippen LogP contribution in [0.5, 0.6) is 0 Å². The van der Waals surface area contributed by atoms with Crippen LogP contribution in [0.25, 0.3) is 11.0 Å². The van der Waals surface area contributed by atoms with Crippen molar-refractivity contribution in [3.63, 3.8) is 0 Å². The Bertz CT molecular complexity index is 590. The standard InChI is InChI=1S/C13H14ClFN2S/c1-8-4-12-11(5-10(8)15)16-13(6-14)17(12)9-2-3-18-7-9/h4-5,9H,2-3,6-7H2,1H3. The number of aryl methyl sites for hydroxylation is 1. The molecule has 1 aromatic heterocycles. The molecule has 0 spiro atoms. The quantitative estimate of drug-likeness (QED) is 0.779. The van der Waals surface area contributed by atoms with Crippen molar-refractivity contribution >= 4 is 34.4 Å². The molecule has 1 unspecified atom stereocenters. The molecule has 2 nitrogen and oxygen atoms in total. The molecular weight excluding hydrogens is 271 g/mol. The Balaban J connectivity index is 2.23. The predicted octanol–water partition coefficient (Wildman–Crippen LogP) is 3.90. The maximum absolute atomic E-state index is 13.6. The topological polar surface area (TPSA) is 17.8 Å². The molecule has 0 bridgehead atoms. The number of hydrogen-bond acceptors (Lipinski definition) is 2. The minimum atomic E-state index is -0.200. The highest BCUT2D eigenvalue weighted by molar-refractivity contribution is 7.99. The number of halogens is 2. The molecule has 5 heteroatoms. The first kappa shape index (κ1) is 12.3. The van der Waals surface area contributed by atoms with Gasteiger partial charge in [-0.15, -0.1) is 11.6 Å². The minimum absolute atomic E-state index is 0.200. The number of alkyl halides is 1. The third-order valence-corrected chi connectivity index (χ3v) is 4.82. The van der Waals surface area contributed by atoms with Crippen molar-refractivity contribution in [2.75, 3.05) is 11.5 Å². The van der Waals surface area contributed by atoms with E-state index in [1.807, 2.05) is 17.8 Å². The Labute approximate surface area is 115 Å². The summed E-state index contributed by atoms with van der Waals surface area (Å²) in [4.78, 5) is 4.46. The second kappa shape index (κ2) is 4.74. The van der Waals surface area contributed by atoms with Crippen LogP contribution < -0.4 is 0 Å². The Morgan fingerprint density at radius 1 is 1.56 bits per heavy atom. The van der Waals surface area contributed by atoms with Crippen molar-refractivity contribution in [2.24, 2.45) is 0 Å². The van der Waals surface area contributed by atoms with Crippen LogP contribution in [0.15, 0.2) is 12.1 Å². The molecule has 96 valence electrons. The molecule has 0 aliphatic carbocycles. The molecule has 0 amide bonds. The summed E-state index contributed by atoms with van der Waals surface area (Å²) in [5, 5.41) is 0. The van der Waals surface area contributed by atoms with Gasteiger partial charge in [-0.1, -0.05) is 0 Å². The first-order valence-corrected chi connectivity index (χ1v) is 7.70. The van der Waals surface area contributed by atoms with E-state index in [4.69, 9.17) is 11.6 Å². The number of aromatic nitrogens is 2.